The van der Waals surface area contributed by atoms with E-state index in [1.165, 1.54) is 24.2 Å². The lowest BCUT2D eigenvalue weighted by Crippen LogP contribution is -2.16. The van der Waals surface area contributed by atoms with Crippen molar-refractivity contribution in [3.05, 3.63) is 28.2 Å². The molecule has 8 heteroatoms. The van der Waals surface area contributed by atoms with Crippen molar-refractivity contribution in [2.45, 2.75) is 51.4 Å². The largest absolute Gasteiger partial charge is 0.366 e. The van der Waals surface area contributed by atoms with E-state index >= 15 is 0 Å². The highest BCUT2D eigenvalue weighted by molar-refractivity contribution is 7.16. The van der Waals surface area contributed by atoms with Crippen LogP contribution in [0.2, 0.25) is 0 Å². The minimum atomic E-state index is -0.548. The molecule has 7 nitrogen and oxygen atoms in total. The summed E-state index contributed by atoms with van der Waals surface area (Å²) in [6.07, 6.45) is 5.21. The van der Waals surface area contributed by atoms with E-state index in [4.69, 9.17) is 10.3 Å². The Balaban J connectivity index is 1.55. The molecule has 3 N–H and O–H groups in total. The number of rotatable bonds is 6. The maximum atomic E-state index is 12.1. The van der Waals surface area contributed by atoms with Gasteiger partial charge in [-0.25, -0.2) is 0 Å². The van der Waals surface area contributed by atoms with Crippen molar-refractivity contribution in [2.75, 3.05) is 5.32 Å². The van der Waals surface area contributed by atoms with E-state index in [0.717, 1.165) is 23.5 Å². The van der Waals surface area contributed by atoms with Crippen molar-refractivity contribution in [1.29, 1.82) is 0 Å². The van der Waals surface area contributed by atoms with Crippen molar-refractivity contribution in [2.24, 2.45) is 5.73 Å². The van der Waals surface area contributed by atoms with Gasteiger partial charge in [-0.05, 0) is 25.8 Å². The van der Waals surface area contributed by atoms with Gasteiger partial charge in [-0.2, -0.15) is 4.98 Å². The summed E-state index contributed by atoms with van der Waals surface area (Å²) in [4.78, 5) is 28.8. The Bertz CT molecular complexity index is 746. The summed E-state index contributed by atoms with van der Waals surface area (Å²) in [6, 6.07) is 1.68. The van der Waals surface area contributed by atoms with Crippen LogP contribution in [0.3, 0.4) is 0 Å². The molecule has 1 aliphatic carbocycles. The van der Waals surface area contributed by atoms with Gasteiger partial charge in [0.2, 0.25) is 11.8 Å². The molecule has 0 radical (unpaired) electrons. The average molecular weight is 348 g/mol. The van der Waals surface area contributed by atoms with Crippen LogP contribution in [-0.2, 0) is 11.2 Å². The molecule has 0 aliphatic heterocycles. The van der Waals surface area contributed by atoms with Crippen LogP contribution in [0.15, 0.2) is 10.6 Å². The fourth-order valence-corrected chi connectivity index (χ4v) is 3.85. The van der Waals surface area contributed by atoms with Crippen molar-refractivity contribution >= 4 is 28.2 Å². The molecule has 0 spiro atoms. The van der Waals surface area contributed by atoms with Gasteiger partial charge in [0.1, 0.15) is 5.00 Å². The highest BCUT2D eigenvalue weighted by Crippen LogP contribution is 2.32. The first-order valence-electron chi connectivity index (χ1n) is 8.05. The molecule has 0 unspecified atom stereocenters. The first kappa shape index (κ1) is 16.6. The zero-order valence-corrected chi connectivity index (χ0v) is 14.3. The number of nitrogens with two attached hydrogens (primary N) is 1. The number of carbonyl (C=O) groups excluding carboxylic acids is 2. The molecule has 0 saturated heterocycles. The van der Waals surface area contributed by atoms with Crippen molar-refractivity contribution in [3.63, 3.8) is 0 Å². The number of anilines is 1. The number of nitrogens with one attached hydrogen (secondary N) is 1. The van der Waals surface area contributed by atoms with E-state index in [0.29, 0.717) is 28.8 Å². The Morgan fingerprint density at radius 2 is 2.17 bits per heavy atom. The van der Waals surface area contributed by atoms with Gasteiger partial charge < -0.3 is 15.6 Å². The molecule has 2 heterocycles. The summed E-state index contributed by atoms with van der Waals surface area (Å²) in [5.74, 6) is 0.869. The van der Waals surface area contributed by atoms with E-state index in [1.807, 2.05) is 6.92 Å². The molecule has 0 aromatic carbocycles. The molecule has 1 saturated carbocycles. The van der Waals surface area contributed by atoms with Crippen LogP contribution in [0.1, 0.15) is 65.0 Å². The van der Waals surface area contributed by atoms with Crippen LogP contribution in [0.25, 0.3) is 0 Å². The van der Waals surface area contributed by atoms with Crippen molar-refractivity contribution < 1.29 is 14.1 Å². The smallest absolute Gasteiger partial charge is 0.251 e. The Morgan fingerprint density at radius 3 is 2.88 bits per heavy atom. The zero-order chi connectivity index (χ0) is 17.1. The molecule has 0 bridgehead atoms. The second-order valence-corrected chi connectivity index (χ2v) is 7.30. The summed E-state index contributed by atoms with van der Waals surface area (Å²) in [5, 5.41) is 7.25. The molecular weight excluding hydrogens is 328 g/mol. The number of aromatic nitrogens is 2. The molecule has 3 rings (SSSR count). The number of amides is 2. The molecule has 2 aromatic rings. The number of aryl methyl sites for hydroxylation is 2. The number of carbonyl (C=O) groups is 2. The van der Waals surface area contributed by atoms with Crippen LogP contribution >= 0.6 is 11.3 Å². The normalized spacial score (nSPS) is 14.9. The fourth-order valence-electron chi connectivity index (χ4n) is 2.92. The standard InChI is InChI=1S/C16H20N4O3S/c1-9-8-11(14(17)22)16(24-9)18-12(21)6-7-13-19-15(20-23-13)10-4-2-3-5-10/h8,10H,2-7H2,1H3,(H2,17,22)(H,18,21). The number of primary amides is 1. The van der Waals surface area contributed by atoms with Gasteiger partial charge in [0.25, 0.3) is 5.91 Å². The summed E-state index contributed by atoms with van der Waals surface area (Å²) < 4.78 is 5.23. The first-order chi connectivity index (χ1) is 11.5. The lowest BCUT2D eigenvalue weighted by Gasteiger charge is -2.03. The Kier molecular flexibility index (Phi) is 4.94. The van der Waals surface area contributed by atoms with Crippen LogP contribution in [0, 0.1) is 6.92 Å². The number of hydrogen-bond acceptors (Lipinski definition) is 6. The van der Waals surface area contributed by atoms with Crippen LogP contribution < -0.4 is 11.1 Å². The number of thiophene rings is 1. The molecule has 24 heavy (non-hydrogen) atoms. The third kappa shape index (κ3) is 3.81. The highest BCUT2D eigenvalue weighted by atomic mass is 32.1. The quantitative estimate of drug-likeness (QED) is 0.834. The number of nitrogens with zero attached hydrogens (tertiary/aromatic N) is 2. The molecule has 128 valence electrons. The predicted octanol–water partition coefficient (Wildman–Crippen LogP) is 2.77. The average Bonchev–Trinajstić information content (AvgIpc) is 3.25. The Hall–Kier alpha value is -2.22. The van der Waals surface area contributed by atoms with E-state index in [2.05, 4.69) is 15.5 Å². The third-order valence-electron chi connectivity index (χ3n) is 4.14. The van der Waals surface area contributed by atoms with E-state index in [9.17, 15) is 9.59 Å². The van der Waals surface area contributed by atoms with E-state index in [1.54, 1.807) is 6.07 Å². The minimum absolute atomic E-state index is 0.208. The highest BCUT2D eigenvalue weighted by Gasteiger charge is 2.22. The predicted molar refractivity (Wildman–Crippen MR) is 90.0 cm³/mol. The topological polar surface area (TPSA) is 111 Å². The van der Waals surface area contributed by atoms with Gasteiger partial charge in [0.05, 0.1) is 5.56 Å². The Morgan fingerprint density at radius 1 is 1.42 bits per heavy atom. The van der Waals surface area contributed by atoms with Gasteiger partial charge >= 0.3 is 0 Å². The molecule has 0 atom stereocenters. The zero-order valence-electron chi connectivity index (χ0n) is 13.5. The second kappa shape index (κ2) is 7.12. The lowest BCUT2D eigenvalue weighted by atomic mass is 10.1. The van der Waals surface area contributed by atoms with Gasteiger partial charge in [0, 0.05) is 23.6 Å². The fraction of sp³-hybridized carbons (Fsp3) is 0.500. The summed E-state index contributed by atoms with van der Waals surface area (Å²) in [5.41, 5.74) is 5.65. The molecule has 2 aromatic heterocycles. The molecule has 1 aliphatic rings. The van der Waals surface area contributed by atoms with Gasteiger partial charge in [-0.1, -0.05) is 18.0 Å². The number of hydrogen-bond donors (Lipinski definition) is 2. The van der Waals surface area contributed by atoms with Crippen molar-refractivity contribution in [1.82, 2.24) is 10.1 Å². The van der Waals surface area contributed by atoms with Crippen molar-refractivity contribution in [3.8, 4) is 0 Å². The molecular formula is C16H20N4O3S. The van der Waals surface area contributed by atoms with Crippen LogP contribution in [0.5, 0.6) is 0 Å². The summed E-state index contributed by atoms with van der Waals surface area (Å²) >= 11 is 1.33. The van der Waals surface area contributed by atoms with Gasteiger partial charge in [0.15, 0.2) is 5.82 Å². The maximum Gasteiger partial charge on any atom is 0.251 e. The lowest BCUT2D eigenvalue weighted by molar-refractivity contribution is -0.116. The Labute approximate surface area is 143 Å². The van der Waals surface area contributed by atoms with Gasteiger partial charge in [-0.3, -0.25) is 9.59 Å². The summed E-state index contributed by atoms with van der Waals surface area (Å²) in [6.45, 7) is 1.86. The second-order valence-electron chi connectivity index (χ2n) is 6.04. The van der Waals surface area contributed by atoms with Crippen LogP contribution in [0.4, 0.5) is 5.00 Å². The first-order valence-corrected chi connectivity index (χ1v) is 8.87. The summed E-state index contributed by atoms with van der Waals surface area (Å²) in [7, 11) is 0. The van der Waals surface area contributed by atoms with Crippen LogP contribution in [-0.4, -0.2) is 22.0 Å². The maximum absolute atomic E-state index is 12.1. The minimum Gasteiger partial charge on any atom is -0.366 e. The van der Waals surface area contributed by atoms with E-state index < -0.39 is 5.91 Å². The molecule has 1 fully saturated rings. The third-order valence-corrected chi connectivity index (χ3v) is 5.11. The molecule has 2 amide bonds. The van der Waals surface area contributed by atoms with E-state index in [-0.39, 0.29) is 12.3 Å². The SMILES string of the molecule is Cc1cc(C(N)=O)c(NC(=O)CCc2nc(C3CCCC3)no2)s1. The van der Waals surface area contributed by atoms with Gasteiger partial charge in [-0.15, -0.1) is 11.3 Å². The monoisotopic (exact) mass is 348 g/mol.